The Balaban J connectivity index is 1.01. The summed E-state index contributed by atoms with van der Waals surface area (Å²) in [4.78, 5) is 14.0. The van der Waals surface area contributed by atoms with Crippen LogP contribution >= 0.6 is 0 Å². The van der Waals surface area contributed by atoms with Crippen LogP contribution in [0.25, 0.3) is 78.3 Å². The van der Waals surface area contributed by atoms with Crippen molar-refractivity contribution < 1.29 is 0 Å². The van der Waals surface area contributed by atoms with Gasteiger partial charge in [0.05, 0.1) is 17.1 Å². The first-order valence-corrected chi connectivity index (χ1v) is 23.4. The van der Waals surface area contributed by atoms with Gasteiger partial charge in [0.15, 0.2) is 0 Å². The minimum atomic E-state index is 0.931. The van der Waals surface area contributed by atoms with E-state index in [1.54, 1.807) is 0 Å². The van der Waals surface area contributed by atoms with Crippen molar-refractivity contribution in [3.05, 3.63) is 258 Å². The Kier molecular flexibility index (Phi) is 12.6. The molecule has 0 spiro atoms. The van der Waals surface area contributed by atoms with Crippen LogP contribution in [0.1, 0.15) is 38.9 Å². The Hall–Kier alpha value is -8.01. The fraction of sp³-hybridized carbons (Fsp3) is 0.109. The number of rotatable bonds is 13. The monoisotopic (exact) mass is 863 g/mol. The second-order valence-corrected chi connectivity index (χ2v) is 17.8. The largest absolute Gasteiger partial charge is 0.256 e. The summed E-state index contributed by atoms with van der Waals surface area (Å²) in [6, 6.07) is 73.2. The first-order chi connectivity index (χ1) is 32.9. The third kappa shape index (κ3) is 10.1. The zero-order valence-electron chi connectivity index (χ0n) is 38.5. The maximum atomic E-state index is 4.80. The Morgan fingerprint density at radius 1 is 0.254 bits per heavy atom. The van der Waals surface area contributed by atoms with Gasteiger partial charge < -0.3 is 0 Å². The molecular weight excluding hydrogens is 811 g/mol. The molecule has 0 aliphatic carbocycles. The van der Waals surface area contributed by atoms with Crippen LogP contribution in [-0.4, -0.2) is 15.0 Å². The van der Waals surface area contributed by atoms with Crippen molar-refractivity contribution in [1.29, 1.82) is 0 Å². The smallest absolute Gasteiger partial charge is 0.0704 e. The summed E-state index contributed by atoms with van der Waals surface area (Å²) in [6.45, 7) is 6.36. The van der Waals surface area contributed by atoms with Crippen LogP contribution in [0.5, 0.6) is 0 Å². The molecular formula is C64H53N3. The second-order valence-electron chi connectivity index (χ2n) is 17.8. The van der Waals surface area contributed by atoms with E-state index in [0.29, 0.717) is 0 Å². The Labute approximate surface area is 395 Å². The molecule has 3 heteroatoms. The van der Waals surface area contributed by atoms with Gasteiger partial charge in [-0.2, -0.15) is 0 Å². The topological polar surface area (TPSA) is 38.7 Å². The molecule has 0 atom stereocenters. The standard InChI is InChI=1S/C64H53N3/c1-44-31-34-65-62(37-44)54-21-17-47(18-22-54)13-15-49-40-50(16-14-48-19-23-55(24-20-48)63-38-45(2)32-35-66-63)42-57(41-49)58-11-7-8-12-59(58)60-30-29-56(64-39-46(3)33-36-67-64)43-61(60)53-27-25-52(26-28-53)51-9-5-4-6-10-51/h4-12,17-43H,13-16H2,1-3H3. The molecule has 0 N–H and O–H groups in total. The van der Waals surface area contributed by atoms with Crippen molar-refractivity contribution >= 4 is 0 Å². The van der Waals surface area contributed by atoms with Crippen LogP contribution in [0.3, 0.4) is 0 Å². The van der Waals surface area contributed by atoms with Gasteiger partial charge >= 0.3 is 0 Å². The molecule has 0 amide bonds. The number of hydrogen-bond acceptors (Lipinski definition) is 3. The molecule has 3 aromatic heterocycles. The molecule has 0 radical (unpaired) electrons. The molecule has 7 aromatic carbocycles. The van der Waals surface area contributed by atoms with Gasteiger partial charge in [0.25, 0.3) is 0 Å². The zero-order valence-corrected chi connectivity index (χ0v) is 38.5. The van der Waals surface area contributed by atoms with E-state index in [1.807, 2.05) is 30.7 Å². The van der Waals surface area contributed by atoms with E-state index in [-0.39, 0.29) is 0 Å². The first-order valence-electron chi connectivity index (χ1n) is 23.4. The molecule has 3 nitrogen and oxygen atoms in total. The summed E-state index contributed by atoms with van der Waals surface area (Å²) in [5.41, 5.74) is 24.9. The van der Waals surface area contributed by atoms with Crippen LogP contribution in [0.15, 0.2) is 219 Å². The van der Waals surface area contributed by atoms with Crippen molar-refractivity contribution in [3.63, 3.8) is 0 Å². The van der Waals surface area contributed by atoms with Gasteiger partial charge in [0.2, 0.25) is 0 Å². The van der Waals surface area contributed by atoms with Crippen LogP contribution in [0.2, 0.25) is 0 Å². The van der Waals surface area contributed by atoms with Gasteiger partial charge in [-0.1, -0.05) is 158 Å². The maximum absolute atomic E-state index is 4.80. The first kappa shape index (κ1) is 42.9. The van der Waals surface area contributed by atoms with E-state index in [9.17, 15) is 0 Å². The third-order valence-electron chi connectivity index (χ3n) is 12.8. The quantitative estimate of drug-likeness (QED) is 0.116. The fourth-order valence-electron chi connectivity index (χ4n) is 9.17. The highest BCUT2D eigenvalue weighted by Gasteiger charge is 2.17. The lowest BCUT2D eigenvalue weighted by atomic mass is 9.86. The molecule has 0 bridgehead atoms. The number of pyridine rings is 3. The normalized spacial score (nSPS) is 11.1. The van der Waals surface area contributed by atoms with E-state index >= 15 is 0 Å². The summed E-state index contributed by atoms with van der Waals surface area (Å²) < 4.78 is 0. The highest BCUT2D eigenvalue weighted by molar-refractivity contribution is 5.94. The molecule has 67 heavy (non-hydrogen) atoms. The number of aryl methyl sites for hydroxylation is 7. The summed E-state index contributed by atoms with van der Waals surface area (Å²) in [7, 11) is 0. The van der Waals surface area contributed by atoms with Crippen molar-refractivity contribution in [2.45, 2.75) is 46.5 Å². The van der Waals surface area contributed by atoms with Crippen LogP contribution in [0.4, 0.5) is 0 Å². The zero-order chi connectivity index (χ0) is 45.5. The molecule has 0 saturated heterocycles. The minimum Gasteiger partial charge on any atom is -0.256 e. The van der Waals surface area contributed by atoms with Crippen molar-refractivity contribution in [1.82, 2.24) is 15.0 Å². The number of nitrogens with zero attached hydrogens (tertiary/aromatic N) is 3. The fourth-order valence-corrected chi connectivity index (χ4v) is 9.17. The van der Waals surface area contributed by atoms with Gasteiger partial charge in [0, 0.05) is 35.3 Å². The maximum Gasteiger partial charge on any atom is 0.0704 e. The highest BCUT2D eigenvalue weighted by Crippen LogP contribution is 2.41. The SMILES string of the molecule is Cc1ccnc(-c2ccc(CCc3cc(CCc4ccc(-c5cc(C)ccn5)cc4)cc(-c4ccccc4-c4ccc(-c5cc(C)ccn5)cc4-c4ccc(-c5ccccc5)cc4)c3)cc2)c1. The lowest BCUT2D eigenvalue weighted by Crippen LogP contribution is -1.98. The van der Waals surface area contributed by atoms with Gasteiger partial charge in [0.1, 0.15) is 0 Å². The molecule has 0 fully saturated rings. The molecule has 10 rings (SSSR count). The van der Waals surface area contributed by atoms with Crippen LogP contribution < -0.4 is 0 Å². The predicted molar refractivity (Wildman–Crippen MR) is 280 cm³/mol. The van der Waals surface area contributed by atoms with Gasteiger partial charge in [-0.25, -0.2) is 0 Å². The summed E-state index contributed by atoms with van der Waals surface area (Å²) >= 11 is 0. The Morgan fingerprint density at radius 3 is 1.18 bits per heavy atom. The molecule has 10 aromatic rings. The number of hydrogen-bond donors (Lipinski definition) is 0. The highest BCUT2D eigenvalue weighted by atomic mass is 14.7. The average molecular weight is 864 g/mol. The van der Waals surface area contributed by atoms with E-state index < -0.39 is 0 Å². The van der Waals surface area contributed by atoms with Crippen LogP contribution in [-0.2, 0) is 25.7 Å². The van der Waals surface area contributed by atoms with Crippen molar-refractivity contribution in [2.75, 3.05) is 0 Å². The summed E-state index contributed by atoms with van der Waals surface area (Å²) in [5.74, 6) is 0. The number of aromatic nitrogens is 3. The van der Waals surface area contributed by atoms with Crippen molar-refractivity contribution in [2.24, 2.45) is 0 Å². The minimum absolute atomic E-state index is 0.931. The van der Waals surface area contributed by atoms with E-state index in [0.717, 1.165) is 59.5 Å². The lowest BCUT2D eigenvalue weighted by molar-refractivity contribution is 0.931. The molecule has 324 valence electrons. The van der Waals surface area contributed by atoms with Gasteiger partial charge in [-0.15, -0.1) is 0 Å². The predicted octanol–water partition coefficient (Wildman–Crippen LogP) is 16.0. The van der Waals surface area contributed by atoms with Crippen molar-refractivity contribution in [3.8, 4) is 78.3 Å². The number of benzene rings is 7. The summed E-state index contributed by atoms with van der Waals surface area (Å²) in [6.07, 6.45) is 9.43. The third-order valence-corrected chi connectivity index (χ3v) is 12.8. The summed E-state index contributed by atoms with van der Waals surface area (Å²) in [5, 5.41) is 0. The Morgan fingerprint density at radius 2 is 0.657 bits per heavy atom. The van der Waals surface area contributed by atoms with Gasteiger partial charge in [-0.05, 0) is 172 Å². The molecule has 0 saturated carbocycles. The lowest BCUT2D eigenvalue weighted by Gasteiger charge is -2.18. The molecule has 0 aliphatic heterocycles. The molecule has 0 aliphatic rings. The van der Waals surface area contributed by atoms with E-state index in [1.165, 1.54) is 83.5 Å². The van der Waals surface area contributed by atoms with Crippen LogP contribution in [0, 0.1) is 20.8 Å². The second kappa shape index (κ2) is 19.6. The molecule has 0 unspecified atom stereocenters. The van der Waals surface area contributed by atoms with Gasteiger partial charge in [-0.3, -0.25) is 15.0 Å². The van der Waals surface area contributed by atoms with E-state index in [2.05, 4.69) is 219 Å². The Bertz CT molecular complexity index is 3180. The average Bonchev–Trinajstić information content (AvgIpc) is 3.38. The van der Waals surface area contributed by atoms with E-state index in [4.69, 9.17) is 4.98 Å². The molecule has 3 heterocycles.